The second kappa shape index (κ2) is 4.93. The minimum atomic E-state index is 0.00722. The lowest BCUT2D eigenvalue weighted by Crippen LogP contribution is -2.15. The Kier molecular flexibility index (Phi) is 3.56. The van der Waals surface area contributed by atoms with Gasteiger partial charge in [-0.05, 0) is 32.1 Å². The van der Waals surface area contributed by atoms with Crippen molar-refractivity contribution in [2.45, 2.75) is 44.8 Å². The maximum atomic E-state index is 5.68. The Balaban J connectivity index is 1.95. The average molecular weight is 225 g/mol. The first kappa shape index (κ1) is 11.5. The van der Waals surface area contributed by atoms with Crippen molar-refractivity contribution in [2.75, 3.05) is 7.11 Å². The van der Waals surface area contributed by atoms with Crippen molar-refractivity contribution in [2.24, 2.45) is 11.7 Å². The van der Waals surface area contributed by atoms with Crippen LogP contribution in [0.5, 0.6) is 0 Å². The highest BCUT2D eigenvalue weighted by Crippen LogP contribution is 2.41. The van der Waals surface area contributed by atoms with Crippen LogP contribution in [-0.4, -0.2) is 23.3 Å². The summed E-state index contributed by atoms with van der Waals surface area (Å²) in [5.74, 6) is 1.92. The Labute approximate surface area is 95.3 Å². The van der Waals surface area contributed by atoms with E-state index in [2.05, 4.69) is 10.1 Å². The fourth-order valence-corrected chi connectivity index (χ4v) is 1.74. The van der Waals surface area contributed by atoms with Crippen molar-refractivity contribution in [3.63, 3.8) is 0 Å². The molecule has 2 rings (SSSR count). The molecular weight excluding hydrogens is 206 g/mol. The zero-order valence-electron chi connectivity index (χ0n) is 9.85. The van der Waals surface area contributed by atoms with Gasteiger partial charge in [-0.25, -0.2) is 0 Å². The molecule has 16 heavy (non-hydrogen) atoms. The molecule has 0 saturated heterocycles. The van der Waals surface area contributed by atoms with Crippen LogP contribution in [0.25, 0.3) is 0 Å². The van der Waals surface area contributed by atoms with Crippen LogP contribution >= 0.6 is 0 Å². The smallest absolute Gasteiger partial charge is 0.226 e. The molecule has 0 bridgehead atoms. The zero-order valence-corrected chi connectivity index (χ0v) is 9.85. The van der Waals surface area contributed by atoms with E-state index < -0.39 is 0 Å². The van der Waals surface area contributed by atoms with Gasteiger partial charge in [0.2, 0.25) is 11.7 Å². The number of rotatable bonds is 6. The fraction of sp³-hybridized carbons (Fsp3) is 0.818. The van der Waals surface area contributed by atoms with Crippen molar-refractivity contribution < 1.29 is 9.26 Å². The number of methoxy groups -OCH3 is 1. The van der Waals surface area contributed by atoms with Gasteiger partial charge < -0.3 is 15.0 Å². The van der Waals surface area contributed by atoms with Crippen LogP contribution in [0.2, 0.25) is 0 Å². The molecule has 5 heteroatoms. The Bertz CT molecular complexity index is 334. The van der Waals surface area contributed by atoms with E-state index in [1.807, 2.05) is 6.92 Å². The maximum Gasteiger partial charge on any atom is 0.226 e. The predicted molar refractivity (Wildman–Crippen MR) is 58.7 cm³/mol. The first-order valence-electron chi connectivity index (χ1n) is 5.81. The van der Waals surface area contributed by atoms with Crippen LogP contribution in [0.3, 0.4) is 0 Å². The molecule has 2 unspecified atom stereocenters. The minimum absolute atomic E-state index is 0.00722. The molecule has 1 heterocycles. The van der Waals surface area contributed by atoms with Crippen LogP contribution in [0.4, 0.5) is 0 Å². The molecule has 1 aromatic rings. The second-order valence-corrected chi connectivity index (χ2v) is 4.56. The third-order valence-electron chi connectivity index (χ3n) is 2.86. The summed E-state index contributed by atoms with van der Waals surface area (Å²) in [5.41, 5.74) is 5.68. The van der Waals surface area contributed by atoms with Crippen molar-refractivity contribution in [1.82, 2.24) is 10.1 Å². The molecule has 1 saturated carbocycles. The molecule has 0 amide bonds. The van der Waals surface area contributed by atoms with Gasteiger partial charge in [-0.15, -0.1) is 0 Å². The van der Waals surface area contributed by atoms with E-state index >= 15 is 0 Å². The first-order chi connectivity index (χ1) is 7.70. The van der Waals surface area contributed by atoms with E-state index in [1.165, 1.54) is 12.8 Å². The standard InChI is InChI=1S/C11H19N3O2/c1-7(12)3-6-9-13-11(14-16-9)10(15-2)8-4-5-8/h7-8,10H,3-6,12H2,1-2H3. The van der Waals surface area contributed by atoms with E-state index in [4.69, 9.17) is 15.0 Å². The molecule has 5 nitrogen and oxygen atoms in total. The van der Waals surface area contributed by atoms with Crippen molar-refractivity contribution in [3.05, 3.63) is 11.7 Å². The third-order valence-corrected chi connectivity index (χ3v) is 2.86. The molecule has 1 fully saturated rings. The highest BCUT2D eigenvalue weighted by atomic mass is 16.5. The van der Waals surface area contributed by atoms with Crippen LogP contribution in [0.1, 0.15) is 44.0 Å². The number of nitrogens with zero attached hydrogens (tertiary/aromatic N) is 2. The van der Waals surface area contributed by atoms with Crippen LogP contribution in [0, 0.1) is 5.92 Å². The summed E-state index contributed by atoms with van der Waals surface area (Å²) in [6.07, 6.45) is 4.01. The van der Waals surface area contributed by atoms with Gasteiger partial charge in [0.15, 0.2) is 0 Å². The molecule has 1 aromatic heterocycles. The molecule has 0 radical (unpaired) electrons. The molecule has 90 valence electrons. The van der Waals surface area contributed by atoms with E-state index in [9.17, 15) is 0 Å². The summed E-state index contributed by atoms with van der Waals surface area (Å²) in [7, 11) is 1.70. The third kappa shape index (κ3) is 2.80. The Morgan fingerprint density at radius 3 is 2.88 bits per heavy atom. The van der Waals surface area contributed by atoms with Gasteiger partial charge in [-0.1, -0.05) is 5.16 Å². The molecule has 0 spiro atoms. The van der Waals surface area contributed by atoms with Gasteiger partial charge >= 0.3 is 0 Å². The van der Waals surface area contributed by atoms with Crippen molar-refractivity contribution in [1.29, 1.82) is 0 Å². The number of nitrogens with two attached hydrogens (primary N) is 1. The quantitative estimate of drug-likeness (QED) is 0.793. The van der Waals surface area contributed by atoms with Crippen LogP contribution in [-0.2, 0) is 11.2 Å². The summed E-state index contributed by atoms with van der Waals surface area (Å²) in [6.45, 7) is 1.97. The molecule has 0 aromatic carbocycles. The number of ether oxygens (including phenoxy) is 1. The topological polar surface area (TPSA) is 74.2 Å². The van der Waals surface area contributed by atoms with Gasteiger partial charge in [0, 0.05) is 19.6 Å². The Morgan fingerprint density at radius 1 is 1.56 bits per heavy atom. The lowest BCUT2D eigenvalue weighted by atomic mass is 10.2. The molecule has 1 aliphatic carbocycles. The van der Waals surface area contributed by atoms with Gasteiger partial charge in [0.05, 0.1) is 0 Å². The minimum Gasteiger partial charge on any atom is -0.373 e. The largest absolute Gasteiger partial charge is 0.373 e. The molecule has 2 atom stereocenters. The van der Waals surface area contributed by atoms with Crippen molar-refractivity contribution >= 4 is 0 Å². The van der Waals surface area contributed by atoms with Crippen molar-refractivity contribution in [3.8, 4) is 0 Å². The number of aryl methyl sites for hydroxylation is 1. The lowest BCUT2D eigenvalue weighted by molar-refractivity contribution is 0.0751. The normalized spacial score (nSPS) is 19.7. The molecular formula is C11H19N3O2. The summed E-state index contributed by atoms with van der Waals surface area (Å²) in [5, 5.41) is 3.97. The Hall–Kier alpha value is -0.940. The van der Waals surface area contributed by atoms with E-state index in [0.717, 1.165) is 12.8 Å². The summed E-state index contributed by atoms with van der Waals surface area (Å²) in [4.78, 5) is 4.36. The fourth-order valence-electron chi connectivity index (χ4n) is 1.74. The van der Waals surface area contributed by atoms with E-state index in [-0.39, 0.29) is 12.1 Å². The predicted octanol–water partition coefficient (Wildman–Crippen LogP) is 1.45. The lowest BCUT2D eigenvalue weighted by Gasteiger charge is -2.08. The van der Waals surface area contributed by atoms with Gasteiger partial charge in [0.25, 0.3) is 0 Å². The summed E-state index contributed by atoms with van der Waals surface area (Å²) >= 11 is 0. The SMILES string of the molecule is COC(c1noc(CCC(C)N)n1)C1CC1. The summed E-state index contributed by atoms with van der Waals surface area (Å²) in [6, 6.07) is 0.164. The molecule has 1 aliphatic rings. The Morgan fingerprint density at radius 2 is 2.31 bits per heavy atom. The average Bonchev–Trinajstić information content (AvgIpc) is 2.96. The van der Waals surface area contributed by atoms with Gasteiger partial charge in [0.1, 0.15) is 6.10 Å². The zero-order chi connectivity index (χ0) is 11.5. The highest BCUT2D eigenvalue weighted by Gasteiger charge is 2.35. The number of aromatic nitrogens is 2. The van der Waals surface area contributed by atoms with Crippen LogP contribution in [0.15, 0.2) is 4.52 Å². The summed E-state index contributed by atoms with van der Waals surface area (Å²) < 4.78 is 10.6. The number of hydrogen-bond donors (Lipinski definition) is 1. The molecule has 0 aliphatic heterocycles. The van der Waals surface area contributed by atoms with E-state index in [0.29, 0.717) is 17.6 Å². The monoisotopic (exact) mass is 225 g/mol. The molecule has 2 N–H and O–H groups in total. The highest BCUT2D eigenvalue weighted by molar-refractivity contribution is 4.98. The van der Waals surface area contributed by atoms with Crippen LogP contribution < -0.4 is 5.73 Å². The second-order valence-electron chi connectivity index (χ2n) is 4.56. The maximum absolute atomic E-state index is 5.68. The van der Waals surface area contributed by atoms with E-state index in [1.54, 1.807) is 7.11 Å². The van der Waals surface area contributed by atoms with Gasteiger partial charge in [-0.2, -0.15) is 4.98 Å². The first-order valence-corrected chi connectivity index (χ1v) is 5.81. The van der Waals surface area contributed by atoms with Gasteiger partial charge in [-0.3, -0.25) is 0 Å². The number of hydrogen-bond acceptors (Lipinski definition) is 5.